The first-order valence-electron chi connectivity index (χ1n) is 5.05. The quantitative estimate of drug-likeness (QED) is 0.716. The summed E-state index contributed by atoms with van der Waals surface area (Å²) in [6.45, 7) is 0. The van der Waals surface area contributed by atoms with E-state index in [4.69, 9.17) is 14.2 Å². The largest absolute Gasteiger partial charge is 0.497 e. The Balaban J connectivity index is 3.11. The highest BCUT2D eigenvalue weighted by molar-refractivity contribution is 5.41. The number of nitrogens with zero attached hydrogens (tertiary/aromatic N) is 1. The van der Waals surface area contributed by atoms with Crippen molar-refractivity contribution in [1.29, 1.82) is 0 Å². The van der Waals surface area contributed by atoms with Crippen molar-refractivity contribution in [3.8, 4) is 11.5 Å². The van der Waals surface area contributed by atoms with Gasteiger partial charge in [-0.1, -0.05) is 0 Å². The van der Waals surface area contributed by atoms with Crippen molar-refractivity contribution in [3.05, 3.63) is 23.8 Å². The molecule has 1 unspecified atom stereocenters. The Morgan fingerprint density at radius 1 is 1.06 bits per heavy atom. The molecule has 0 aliphatic heterocycles. The van der Waals surface area contributed by atoms with E-state index in [1.165, 1.54) is 0 Å². The van der Waals surface area contributed by atoms with Gasteiger partial charge in [0, 0.05) is 18.7 Å². The van der Waals surface area contributed by atoms with Crippen molar-refractivity contribution in [2.45, 2.75) is 6.23 Å². The van der Waals surface area contributed by atoms with E-state index in [1.54, 1.807) is 21.3 Å². The minimum Gasteiger partial charge on any atom is -0.497 e. The zero-order valence-electron chi connectivity index (χ0n) is 10.5. The maximum Gasteiger partial charge on any atom is 0.139 e. The molecule has 1 aromatic rings. The Hall–Kier alpha value is -1.26. The second-order valence-electron chi connectivity index (χ2n) is 3.66. The number of ether oxygens (including phenoxy) is 3. The van der Waals surface area contributed by atoms with Gasteiger partial charge in [0.25, 0.3) is 0 Å². The van der Waals surface area contributed by atoms with Gasteiger partial charge in [0.15, 0.2) is 0 Å². The summed E-state index contributed by atoms with van der Waals surface area (Å²) < 4.78 is 15.9. The summed E-state index contributed by atoms with van der Waals surface area (Å²) >= 11 is 0. The number of rotatable bonds is 5. The monoisotopic (exact) mass is 225 g/mol. The Morgan fingerprint density at radius 3 is 2.19 bits per heavy atom. The van der Waals surface area contributed by atoms with Gasteiger partial charge in [-0.25, -0.2) is 0 Å². The molecule has 0 amide bonds. The van der Waals surface area contributed by atoms with Crippen molar-refractivity contribution in [2.75, 3.05) is 35.4 Å². The summed E-state index contributed by atoms with van der Waals surface area (Å²) in [7, 11) is 8.86. The van der Waals surface area contributed by atoms with E-state index < -0.39 is 0 Å². The Morgan fingerprint density at radius 2 is 1.75 bits per heavy atom. The van der Waals surface area contributed by atoms with E-state index in [9.17, 15) is 0 Å². The zero-order valence-corrected chi connectivity index (χ0v) is 10.5. The smallest absolute Gasteiger partial charge is 0.139 e. The number of hydrogen-bond acceptors (Lipinski definition) is 4. The highest BCUT2D eigenvalue weighted by atomic mass is 16.5. The molecule has 0 heterocycles. The maximum absolute atomic E-state index is 5.42. The molecule has 0 N–H and O–H groups in total. The van der Waals surface area contributed by atoms with Gasteiger partial charge >= 0.3 is 0 Å². The molecule has 0 bridgehead atoms. The average molecular weight is 225 g/mol. The molecule has 4 nitrogen and oxygen atoms in total. The highest BCUT2D eigenvalue weighted by Crippen LogP contribution is 2.31. The summed E-state index contributed by atoms with van der Waals surface area (Å²) in [4.78, 5) is 1.98. The third-order valence-corrected chi connectivity index (χ3v) is 2.40. The molecule has 16 heavy (non-hydrogen) atoms. The van der Waals surface area contributed by atoms with E-state index in [0.717, 1.165) is 17.1 Å². The number of methoxy groups -OCH3 is 3. The zero-order chi connectivity index (χ0) is 12.1. The van der Waals surface area contributed by atoms with Crippen molar-refractivity contribution in [2.24, 2.45) is 0 Å². The van der Waals surface area contributed by atoms with Gasteiger partial charge in [0.2, 0.25) is 0 Å². The lowest BCUT2D eigenvalue weighted by Gasteiger charge is -2.24. The van der Waals surface area contributed by atoms with Crippen LogP contribution in [-0.4, -0.2) is 40.3 Å². The topological polar surface area (TPSA) is 30.9 Å². The molecule has 0 saturated carbocycles. The summed E-state index contributed by atoms with van der Waals surface area (Å²) in [5, 5.41) is 0. The Kier molecular flexibility index (Phi) is 4.58. The van der Waals surface area contributed by atoms with Crippen molar-refractivity contribution < 1.29 is 14.2 Å². The van der Waals surface area contributed by atoms with Crippen LogP contribution in [0, 0.1) is 0 Å². The molecule has 0 spiro atoms. The lowest BCUT2D eigenvalue weighted by atomic mass is 10.1. The first-order chi connectivity index (χ1) is 7.63. The van der Waals surface area contributed by atoms with E-state index in [-0.39, 0.29) is 6.23 Å². The van der Waals surface area contributed by atoms with Crippen LogP contribution in [0.1, 0.15) is 11.8 Å². The van der Waals surface area contributed by atoms with E-state index in [2.05, 4.69) is 0 Å². The molecule has 1 rings (SSSR count). The molecular formula is C12H19NO3. The van der Waals surface area contributed by atoms with Crippen LogP contribution in [-0.2, 0) is 4.74 Å². The Bertz CT molecular complexity index is 339. The highest BCUT2D eigenvalue weighted by Gasteiger charge is 2.18. The van der Waals surface area contributed by atoms with Gasteiger partial charge in [-0.15, -0.1) is 0 Å². The van der Waals surface area contributed by atoms with Crippen molar-refractivity contribution in [3.63, 3.8) is 0 Å². The van der Waals surface area contributed by atoms with Crippen LogP contribution in [0.3, 0.4) is 0 Å². The normalized spacial score (nSPS) is 12.6. The van der Waals surface area contributed by atoms with Crippen LogP contribution in [0.5, 0.6) is 11.5 Å². The van der Waals surface area contributed by atoms with E-state index in [0.29, 0.717) is 0 Å². The minimum absolute atomic E-state index is 0.124. The van der Waals surface area contributed by atoms with Crippen LogP contribution >= 0.6 is 0 Å². The average Bonchev–Trinajstić information content (AvgIpc) is 2.29. The van der Waals surface area contributed by atoms with Crippen LogP contribution < -0.4 is 9.47 Å². The fourth-order valence-electron chi connectivity index (χ4n) is 1.64. The molecule has 0 radical (unpaired) electrons. The predicted octanol–water partition coefficient (Wildman–Crippen LogP) is 1.91. The van der Waals surface area contributed by atoms with Gasteiger partial charge in [-0.2, -0.15) is 0 Å². The van der Waals surface area contributed by atoms with Gasteiger partial charge in [-0.05, 0) is 26.2 Å². The van der Waals surface area contributed by atoms with Crippen molar-refractivity contribution in [1.82, 2.24) is 4.90 Å². The minimum atomic E-state index is -0.124. The number of hydrogen-bond donors (Lipinski definition) is 0. The molecule has 1 aromatic carbocycles. The first kappa shape index (κ1) is 12.8. The van der Waals surface area contributed by atoms with Crippen molar-refractivity contribution >= 4 is 0 Å². The second-order valence-corrected chi connectivity index (χ2v) is 3.66. The molecular weight excluding hydrogens is 206 g/mol. The first-order valence-corrected chi connectivity index (χ1v) is 5.05. The summed E-state index contributed by atoms with van der Waals surface area (Å²) in [6, 6.07) is 5.70. The molecule has 0 aromatic heterocycles. The fraction of sp³-hybridized carbons (Fsp3) is 0.500. The van der Waals surface area contributed by atoms with Crippen LogP contribution in [0.2, 0.25) is 0 Å². The predicted molar refractivity (Wildman–Crippen MR) is 63.0 cm³/mol. The fourth-order valence-corrected chi connectivity index (χ4v) is 1.64. The molecule has 0 aliphatic rings. The van der Waals surface area contributed by atoms with Crippen LogP contribution in [0.4, 0.5) is 0 Å². The number of benzene rings is 1. The van der Waals surface area contributed by atoms with Crippen LogP contribution in [0.25, 0.3) is 0 Å². The molecule has 0 saturated heterocycles. The second kappa shape index (κ2) is 5.72. The molecule has 0 aliphatic carbocycles. The van der Waals surface area contributed by atoms with E-state index >= 15 is 0 Å². The molecule has 90 valence electrons. The third-order valence-electron chi connectivity index (χ3n) is 2.40. The summed E-state index contributed by atoms with van der Waals surface area (Å²) in [5.41, 5.74) is 0.982. The standard InChI is InChI=1S/C12H19NO3/c1-13(2)12(16-5)10-7-6-9(14-3)8-11(10)15-4/h6-8,12H,1-5H3. The van der Waals surface area contributed by atoms with Gasteiger partial charge in [0.05, 0.1) is 14.2 Å². The molecule has 0 fully saturated rings. The maximum atomic E-state index is 5.42. The Labute approximate surface area is 96.7 Å². The van der Waals surface area contributed by atoms with Crippen LogP contribution in [0.15, 0.2) is 18.2 Å². The summed E-state index contributed by atoms with van der Waals surface area (Å²) in [5.74, 6) is 1.54. The third kappa shape index (κ3) is 2.65. The van der Waals surface area contributed by atoms with Gasteiger partial charge in [-0.3, -0.25) is 4.90 Å². The summed E-state index contributed by atoms with van der Waals surface area (Å²) in [6.07, 6.45) is -0.124. The molecule has 1 atom stereocenters. The van der Waals surface area contributed by atoms with Gasteiger partial charge < -0.3 is 14.2 Å². The molecule has 4 heteroatoms. The van der Waals surface area contributed by atoms with E-state index in [1.807, 2.05) is 37.2 Å². The lowest BCUT2D eigenvalue weighted by molar-refractivity contribution is -0.00697. The lowest BCUT2D eigenvalue weighted by Crippen LogP contribution is -2.22. The van der Waals surface area contributed by atoms with Gasteiger partial charge in [0.1, 0.15) is 17.7 Å². The SMILES string of the molecule is COc1ccc(C(OC)N(C)C)c(OC)c1.